The van der Waals surface area contributed by atoms with Crippen molar-refractivity contribution in [1.82, 2.24) is 0 Å². The maximum atomic E-state index is 9.69. The molecular weight excluding hydrogens is 280 g/mol. The van der Waals surface area contributed by atoms with Crippen LogP contribution in [0.5, 0.6) is 5.75 Å². The zero-order valence-corrected chi connectivity index (χ0v) is 10.7. The molecule has 0 amide bonds. The number of nitrogens with two attached hydrogens (primary N) is 1. The normalized spacial score (nSPS) is 10.2. The zero-order chi connectivity index (χ0) is 12.3. The molecule has 0 aliphatic rings. The van der Waals surface area contributed by atoms with Crippen molar-refractivity contribution in [2.45, 2.75) is 6.54 Å². The van der Waals surface area contributed by atoms with E-state index in [0.29, 0.717) is 12.2 Å². The summed E-state index contributed by atoms with van der Waals surface area (Å²) in [6.45, 7) is 0.500. The summed E-state index contributed by atoms with van der Waals surface area (Å²) < 4.78 is 1.03. The SMILES string of the molecule is Nc1cccc(O)c1CNc1ccc(Br)cc1. The van der Waals surface area contributed by atoms with E-state index < -0.39 is 0 Å². The quantitative estimate of drug-likeness (QED) is 0.761. The van der Waals surface area contributed by atoms with Gasteiger partial charge in [0.1, 0.15) is 5.75 Å². The van der Waals surface area contributed by atoms with E-state index in [0.717, 1.165) is 15.7 Å². The van der Waals surface area contributed by atoms with Gasteiger partial charge in [-0.2, -0.15) is 0 Å². The van der Waals surface area contributed by atoms with Crippen molar-refractivity contribution in [3.8, 4) is 5.75 Å². The van der Waals surface area contributed by atoms with E-state index in [9.17, 15) is 5.11 Å². The van der Waals surface area contributed by atoms with Gasteiger partial charge in [0.25, 0.3) is 0 Å². The molecule has 0 radical (unpaired) electrons. The van der Waals surface area contributed by atoms with Crippen molar-refractivity contribution < 1.29 is 5.11 Å². The highest BCUT2D eigenvalue weighted by atomic mass is 79.9. The van der Waals surface area contributed by atoms with Crippen LogP contribution in [-0.2, 0) is 6.54 Å². The molecule has 0 bridgehead atoms. The first-order valence-electron chi connectivity index (χ1n) is 5.22. The second-order valence-electron chi connectivity index (χ2n) is 3.71. The summed E-state index contributed by atoms with van der Waals surface area (Å²) in [5.74, 6) is 0.217. The van der Waals surface area contributed by atoms with Crippen molar-refractivity contribution in [1.29, 1.82) is 0 Å². The molecule has 0 saturated heterocycles. The molecule has 2 rings (SSSR count). The molecule has 0 aliphatic heterocycles. The van der Waals surface area contributed by atoms with Crippen LogP contribution in [0.2, 0.25) is 0 Å². The summed E-state index contributed by atoms with van der Waals surface area (Å²) >= 11 is 3.38. The molecule has 0 heterocycles. The van der Waals surface area contributed by atoms with Gasteiger partial charge in [0, 0.05) is 28.0 Å². The molecule has 3 nitrogen and oxygen atoms in total. The Kier molecular flexibility index (Phi) is 3.54. The second kappa shape index (κ2) is 5.10. The Hall–Kier alpha value is -1.68. The van der Waals surface area contributed by atoms with Crippen molar-refractivity contribution in [2.24, 2.45) is 0 Å². The van der Waals surface area contributed by atoms with Gasteiger partial charge in [0.05, 0.1) is 0 Å². The van der Waals surface area contributed by atoms with E-state index >= 15 is 0 Å². The minimum atomic E-state index is 0.217. The molecule has 0 fully saturated rings. The van der Waals surface area contributed by atoms with Crippen molar-refractivity contribution in [3.05, 3.63) is 52.5 Å². The lowest BCUT2D eigenvalue weighted by molar-refractivity contribution is 0.469. The van der Waals surface area contributed by atoms with Gasteiger partial charge in [-0.05, 0) is 36.4 Å². The van der Waals surface area contributed by atoms with Crippen molar-refractivity contribution >= 4 is 27.3 Å². The first-order chi connectivity index (χ1) is 8.16. The summed E-state index contributed by atoms with van der Waals surface area (Å²) in [7, 11) is 0. The molecule has 2 aromatic rings. The predicted molar refractivity (Wildman–Crippen MR) is 74.0 cm³/mol. The topological polar surface area (TPSA) is 58.3 Å². The number of benzene rings is 2. The Morgan fingerprint density at radius 2 is 1.82 bits per heavy atom. The molecular formula is C13H13BrN2O. The minimum Gasteiger partial charge on any atom is -0.508 e. The lowest BCUT2D eigenvalue weighted by Gasteiger charge is -2.10. The number of nitrogen functional groups attached to an aromatic ring is 1. The molecule has 0 aromatic heterocycles. The fourth-order valence-corrected chi connectivity index (χ4v) is 1.81. The number of aromatic hydroxyl groups is 1. The Bertz CT molecular complexity index is 491. The third-order valence-electron chi connectivity index (χ3n) is 2.50. The largest absolute Gasteiger partial charge is 0.508 e. The van der Waals surface area contributed by atoms with Gasteiger partial charge in [-0.1, -0.05) is 22.0 Å². The summed E-state index contributed by atoms with van der Waals surface area (Å²) in [5.41, 5.74) is 8.09. The first-order valence-corrected chi connectivity index (χ1v) is 6.02. The Balaban J connectivity index is 2.10. The van der Waals surface area contributed by atoms with E-state index in [-0.39, 0.29) is 5.75 Å². The fraction of sp³-hybridized carbons (Fsp3) is 0.0769. The number of nitrogens with one attached hydrogen (secondary N) is 1. The van der Waals surface area contributed by atoms with Crippen LogP contribution in [0.4, 0.5) is 11.4 Å². The lowest BCUT2D eigenvalue weighted by Crippen LogP contribution is -2.03. The maximum Gasteiger partial charge on any atom is 0.122 e. The van der Waals surface area contributed by atoms with Gasteiger partial charge < -0.3 is 16.2 Å². The molecule has 0 aliphatic carbocycles. The summed E-state index contributed by atoms with van der Waals surface area (Å²) in [5, 5.41) is 12.9. The summed E-state index contributed by atoms with van der Waals surface area (Å²) in [4.78, 5) is 0. The average Bonchev–Trinajstić information content (AvgIpc) is 2.31. The van der Waals surface area contributed by atoms with E-state index in [1.807, 2.05) is 24.3 Å². The average molecular weight is 293 g/mol. The van der Waals surface area contributed by atoms with E-state index in [4.69, 9.17) is 5.73 Å². The number of halogens is 1. The monoisotopic (exact) mass is 292 g/mol. The predicted octanol–water partition coefficient (Wildman–Crippen LogP) is 3.35. The third-order valence-corrected chi connectivity index (χ3v) is 3.03. The van der Waals surface area contributed by atoms with Crippen LogP contribution in [0, 0.1) is 0 Å². The Morgan fingerprint density at radius 1 is 1.12 bits per heavy atom. The molecule has 2 aromatic carbocycles. The molecule has 0 spiro atoms. The van der Waals surface area contributed by atoms with E-state index in [2.05, 4.69) is 21.2 Å². The van der Waals surface area contributed by atoms with Gasteiger partial charge in [-0.15, -0.1) is 0 Å². The second-order valence-corrected chi connectivity index (χ2v) is 4.62. The highest BCUT2D eigenvalue weighted by molar-refractivity contribution is 9.10. The number of hydrogen-bond donors (Lipinski definition) is 3. The van der Waals surface area contributed by atoms with Crippen LogP contribution in [-0.4, -0.2) is 5.11 Å². The van der Waals surface area contributed by atoms with Crippen molar-refractivity contribution in [3.63, 3.8) is 0 Å². The van der Waals surface area contributed by atoms with Gasteiger partial charge in [-0.3, -0.25) is 0 Å². The highest BCUT2D eigenvalue weighted by Crippen LogP contribution is 2.24. The van der Waals surface area contributed by atoms with Crippen LogP contribution >= 0.6 is 15.9 Å². The molecule has 0 saturated carbocycles. The highest BCUT2D eigenvalue weighted by Gasteiger charge is 2.04. The van der Waals surface area contributed by atoms with E-state index in [1.165, 1.54) is 0 Å². The molecule has 17 heavy (non-hydrogen) atoms. The van der Waals surface area contributed by atoms with Crippen LogP contribution in [0.25, 0.3) is 0 Å². The third kappa shape index (κ3) is 2.91. The number of phenolic OH excluding ortho intramolecular Hbond substituents is 1. The van der Waals surface area contributed by atoms with Gasteiger partial charge in [-0.25, -0.2) is 0 Å². The Morgan fingerprint density at radius 3 is 2.47 bits per heavy atom. The summed E-state index contributed by atoms with van der Waals surface area (Å²) in [6, 6.07) is 13.0. The lowest BCUT2D eigenvalue weighted by atomic mass is 10.1. The van der Waals surface area contributed by atoms with Crippen LogP contribution < -0.4 is 11.1 Å². The standard InChI is InChI=1S/C13H13BrN2O/c14-9-4-6-10(7-5-9)16-8-11-12(15)2-1-3-13(11)17/h1-7,16-17H,8,15H2. The smallest absolute Gasteiger partial charge is 0.122 e. The zero-order valence-electron chi connectivity index (χ0n) is 9.15. The molecule has 4 N–H and O–H groups in total. The number of hydrogen-bond acceptors (Lipinski definition) is 3. The molecule has 88 valence electrons. The molecule has 0 atom stereocenters. The van der Waals surface area contributed by atoms with Crippen LogP contribution in [0.1, 0.15) is 5.56 Å². The van der Waals surface area contributed by atoms with E-state index in [1.54, 1.807) is 18.2 Å². The first kappa shape index (κ1) is 11.8. The number of anilines is 2. The Labute approximate surface area is 108 Å². The molecule has 4 heteroatoms. The molecule has 0 unspecified atom stereocenters. The van der Waals surface area contributed by atoms with Gasteiger partial charge in [0.2, 0.25) is 0 Å². The van der Waals surface area contributed by atoms with Crippen LogP contribution in [0.15, 0.2) is 46.9 Å². The number of phenols is 1. The van der Waals surface area contributed by atoms with Crippen LogP contribution in [0.3, 0.4) is 0 Å². The summed E-state index contributed by atoms with van der Waals surface area (Å²) in [6.07, 6.45) is 0. The fourth-order valence-electron chi connectivity index (χ4n) is 1.54. The number of rotatable bonds is 3. The van der Waals surface area contributed by atoms with Crippen molar-refractivity contribution in [2.75, 3.05) is 11.1 Å². The van der Waals surface area contributed by atoms with Gasteiger partial charge >= 0.3 is 0 Å². The van der Waals surface area contributed by atoms with Gasteiger partial charge in [0.15, 0.2) is 0 Å². The minimum absolute atomic E-state index is 0.217. The maximum absolute atomic E-state index is 9.69.